The minimum atomic E-state index is -5.16. The number of hydrogen-bond donors (Lipinski definition) is 5. The van der Waals surface area contributed by atoms with Crippen LogP contribution in [0.15, 0.2) is 36.0 Å². The molecule has 8 nitrogen and oxygen atoms in total. The molecule has 0 radical (unpaired) electrons. The van der Waals surface area contributed by atoms with Gasteiger partial charge in [-0.15, -0.1) is 11.3 Å². The third kappa shape index (κ3) is 5.72. The van der Waals surface area contributed by atoms with Gasteiger partial charge in [0.05, 0.1) is 39.1 Å². The number of carbonyl (C=O) groups excluding carboxylic acids is 1. The number of aromatic nitrogens is 2. The molecule has 3 aromatic rings. The molecule has 0 spiro atoms. The lowest BCUT2D eigenvalue weighted by atomic mass is 9.71. The standard InChI is InChI=1S/C27H31F4N5O3S/c1-25(2,38)15-7-17(8-15)35-20-10-23(36-16-5-6-19-21(9-16)40-13-34-19)32-11-18(20)24(37)33-12-22(28)26(39,14-3-4-14)27(29,30)31/h5-6,9-11,13-15,17,22,38-39H,3-4,7-8,12H2,1-2H3,(H,33,37)(H2,32,35,36). The van der Waals surface area contributed by atoms with Gasteiger partial charge in [0.25, 0.3) is 5.91 Å². The third-order valence-electron chi connectivity index (χ3n) is 7.82. The number of amides is 1. The zero-order valence-corrected chi connectivity index (χ0v) is 22.7. The lowest BCUT2D eigenvalue weighted by Crippen LogP contribution is -2.57. The highest BCUT2D eigenvalue weighted by molar-refractivity contribution is 7.16. The molecule has 13 heteroatoms. The first-order chi connectivity index (χ1) is 18.8. The van der Waals surface area contributed by atoms with Crippen LogP contribution < -0.4 is 16.0 Å². The van der Waals surface area contributed by atoms with Crippen LogP contribution in [0.25, 0.3) is 10.2 Å². The zero-order valence-electron chi connectivity index (χ0n) is 21.9. The van der Waals surface area contributed by atoms with Crippen LogP contribution in [0, 0.1) is 11.8 Å². The van der Waals surface area contributed by atoms with E-state index in [1.165, 1.54) is 17.5 Å². The number of hydrogen-bond acceptors (Lipinski definition) is 8. The highest BCUT2D eigenvalue weighted by Crippen LogP contribution is 2.50. The second kappa shape index (κ2) is 10.4. The van der Waals surface area contributed by atoms with Gasteiger partial charge in [0.2, 0.25) is 0 Å². The Bertz CT molecular complexity index is 1380. The SMILES string of the molecule is CC(C)(O)C1CC(Nc2cc(Nc3ccc4ncsc4c3)ncc2C(=O)NCC(F)C(O)(C2CC2)C(F)(F)F)C1. The summed E-state index contributed by atoms with van der Waals surface area (Å²) in [6.07, 6.45) is -5.20. The number of anilines is 3. The van der Waals surface area contributed by atoms with Crippen molar-refractivity contribution >= 4 is 44.7 Å². The predicted molar refractivity (Wildman–Crippen MR) is 145 cm³/mol. The van der Waals surface area contributed by atoms with Gasteiger partial charge < -0.3 is 26.2 Å². The Morgan fingerprint density at radius 2 is 1.85 bits per heavy atom. The van der Waals surface area contributed by atoms with Crippen LogP contribution in [0.4, 0.5) is 34.8 Å². The van der Waals surface area contributed by atoms with Crippen LogP contribution in [0.2, 0.25) is 0 Å². The van der Waals surface area contributed by atoms with Crippen molar-refractivity contribution in [3.05, 3.63) is 41.5 Å². The first-order valence-corrected chi connectivity index (χ1v) is 13.9. The topological polar surface area (TPSA) is 119 Å². The third-order valence-corrected chi connectivity index (χ3v) is 8.61. The summed E-state index contributed by atoms with van der Waals surface area (Å²) in [5, 5.41) is 29.1. The Labute approximate surface area is 232 Å². The number of carbonyl (C=O) groups is 1. The molecule has 40 heavy (non-hydrogen) atoms. The maximum atomic E-state index is 14.8. The van der Waals surface area contributed by atoms with Crippen LogP contribution in [0.1, 0.15) is 49.9 Å². The number of benzene rings is 1. The van der Waals surface area contributed by atoms with Gasteiger partial charge in [0.15, 0.2) is 11.8 Å². The van der Waals surface area contributed by atoms with Gasteiger partial charge in [-0.05, 0) is 69.6 Å². The molecule has 0 aliphatic heterocycles. The lowest BCUT2D eigenvalue weighted by molar-refractivity contribution is -0.288. The molecule has 216 valence electrons. The summed E-state index contributed by atoms with van der Waals surface area (Å²) < 4.78 is 56.3. The molecule has 5 N–H and O–H groups in total. The molecule has 0 bridgehead atoms. The van der Waals surface area contributed by atoms with Crippen molar-refractivity contribution in [3.8, 4) is 0 Å². The number of pyridine rings is 1. The van der Waals surface area contributed by atoms with E-state index in [0.29, 0.717) is 24.3 Å². The molecule has 2 aliphatic rings. The van der Waals surface area contributed by atoms with Crippen LogP contribution in [0.5, 0.6) is 0 Å². The van der Waals surface area contributed by atoms with E-state index in [2.05, 4.69) is 25.9 Å². The molecule has 2 heterocycles. The summed E-state index contributed by atoms with van der Waals surface area (Å²) in [6.45, 7) is 2.46. The number of aliphatic hydroxyl groups is 2. The lowest BCUT2D eigenvalue weighted by Gasteiger charge is -2.43. The zero-order chi connectivity index (χ0) is 28.9. The van der Waals surface area contributed by atoms with Crippen LogP contribution in [-0.2, 0) is 0 Å². The van der Waals surface area contributed by atoms with Crippen molar-refractivity contribution in [2.45, 2.75) is 69.1 Å². The van der Waals surface area contributed by atoms with Crippen molar-refractivity contribution in [1.29, 1.82) is 0 Å². The van der Waals surface area contributed by atoms with Crippen molar-refractivity contribution in [2.24, 2.45) is 11.8 Å². The van der Waals surface area contributed by atoms with E-state index in [1.54, 1.807) is 25.4 Å². The first-order valence-electron chi connectivity index (χ1n) is 13.1. The van der Waals surface area contributed by atoms with E-state index in [4.69, 9.17) is 0 Å². The fourth-order valence-electron chi connectivity index (χ4n) is 5.06. The molecule has 1 aromatic carbocycles. The van der Waals surface area contributed by atoms with E-state index >= 15 is 0 Å². The normalized spacial score (nSPS) is 21.8. The summed E-state index contributed by atoms with van der Waals surface area (Å²) in [4.78, 5) is 21.6. The smallest absolute Gasteiger partial charge is 0.390 e. The average molecular weight is 582 g/mol. The summed E-state index contributed by atoms with van der Waals surface area (Å²) in [5.74, 6) is -1.59. The van der Waals surface area contributed by atoms with Crippen LogP contribution in [-0.4, -0.2) is 62.2 Å². The Balaban J connectivity index is 1.33. The maximum absolute atomic E-state index is 14.8. The summed E-state index contributed by atoms with van der Waals surface area (Å²) >= 11 is 1.48. The summed E-state index contributed by atoms with van der Waals surface area (Å²) in [6, 6.07) is 7.14. The molecular formula is C27H31F4N5O3S. The Hall–Kier alpha value is -3.03. The van der Waals surface area contributed by atoms with Gasteiger partial charge in [-0.3, -0.25) is 4.79 Å². The number of fused-ring (bicyclic) bond motifs is 1. The van der Waals surface area contributed by atoms with Crippen molar-refractivity contribution in [2.75, 3.05) is 17.2 Å². The molecule has 2 unspecified atom stereocenters. The van der Waals surface area contributed by atoms with Gasteiger partial charge in [-0.25, -0.2) is 14.4 Å². The fraction of sp³-hybridized carbons (Fsp3) is 0.519. The van der Waals surface area contributed by atoms with Crippen LogP contribution in [0.3, 0.4) is 0 Å². The van der Waals surface area contributed by atoms with Gasteiger partial charge in [0.1, 0.15) is 5.82 Å². The number of rotatable bonds is 10. The Kier molecular flexibility index (Phi) is 7.42. The summed E-state index contributed by atoms with van der Waals surface area (Å²) in [7, 11) is 0. The molecule has 5 rings (SSSR count). The number of nitrogens with one attached hydrogen (secondary N) is 3. The van der Waals surface area contributed by atoms with Gasteiger partial charge in [-0.1, -0.05) is 0 Å². The van der Waals surface area contributed by atoms with Gasteiger partial charge >= 0.3 is 6.18 Å². The molecule has 2 atom stereocenters. The average Bonchev–Trinajstić information content (AvgIpc) is 3.60. The van der Waals surface area contributed by atoms with E-state index in [-0.39, 0.29) is 30.4 Å². The van der Waals surface area contributed by atoms with E-state index < -0.39 is 41.9 Å². The van der Waals surface area contributed by atoms with E-state index in [0.717, 1.165) is 15.9 Å². The quantitative estimate of drug-likeness (QED) is 0.210. The number of thiazole rings is 1. The highest BCUT2D eigenvalue weighted by Gasteiger charge is 2.66. The van der Waals surface area contributed by atoms with E-state index in [1.807, 2.05) is 18.2 Å². The largest absolute Gasteiger partial charge is 0.420 e. The highest BCUT2D eigenvalue weighted by atomic mass is 32.1. The minimum Gasteiger partial charge on any atom is -0.390 e. The number of halogens is 4. The monoisotopic (exact) mass is 581 g/mol. The van der Waals surface area contributed by atoms with Gasteiger partial charge in [-0.2, -0.15) is 13.2 Å². The van der Waals surface area contributed by atoms with E-state index in [9.17, 15) is 32.6 Å². The molecule has 2 aromatic heterocycles. The summed E-state index contributed by atoms with van der Waals surface area (Å²) in [5.41, 5.74) is -0.652. The molecular weight excluding hydrogens is 550 g/mol. The van der Waals surface area contributed by atoms with Crippen molar-refractivity contribution < 1.29 is 32.6 Å². The second-order valence-corrected chi connectivity index (χ2v) is 12.1. The molecule has 2 aliphatic carbocycles. The van der Waals surface area contributed by atoms with Gasteiger partial charge in [0, 0.05) is 24.0 Å². The minimum absolute atomic E-state index is 0.0179. The second-order valence-electron chi connectivity index (χ2n) is 11.2. The molecule has 2 fully saturated rings. The van der Waals surface area contributed by atoms with Crippen molar-refractivity contribution in [1.82, 2.24) is 15.3 Å². The maximum Gasteiger partial charge on any atom is 0.420 e. The first kappa shape index (κ1) is 28.5. The number of alkyl halides is 4. The fourth-order valence-corrected chi connectivity index (χ4v) is 5.77. The molecule has 0 saturated heterocycles. The van der Waals surface area contributed by atoms with Crippen LogP contribution >= 0.6 is 11.3 Å². The predicted octanol–water partition coefficient (Wildman–Crippen LogP) is 5.17. The Morgan fingerprint density at radius 3 is 2.50 bits per heavy atom. The molecule has 2 saturated carbocycles. The van der Waals surface area contributed by atoms with Crippen molar-refractivity contribution in [3.63, 3.8) is 0 Å². The number of nitrogens with zero attached hydrogens (tertiary/aromatic N) is 2. The molecule has 1 amide bonds. The Morgan fingerprint density at radius 1 is 1.12 bits per heavy atom.